The number of hydrogen-bond donors (Lipinski definition) is 12. The Labute approximate surface area is 547 Å². The van der Waals surface area contributed by atoms with Gasteiger partial charge in [-0.15, -0.1) is 0 Å². The quantitative estimate of drug-likeness (QED) is 0.0199. The van der Waals surface area contributed by atoms with Gasteiger partial charge in [0.15, 0.2) is 18.9 Å². The Morgan fingerprint density at radius 1 is 0.396 bits per heavy atom. The van der Waals surface area contributed by atoms with Crippen LogP contribution in [0.2, 0.25) is 0 Å². The predicted molar refractivity (Wildman–Crippen MR) is 355 cm³/mol. The Kier molecular flexibility index (Phi) is 48.7. The Morgan fingerprint density at radius 2 is 0.736 bits per heavy atom. The summed E-state index contributed by atoms with van der Waals surface area (Å²) in [7, 11) is 0. The fraction of sp³-hybridized carbons (Fsp3) is 0.847. The Hall–Kier alpha value is -2.51. The first-order valence-corrected chi connectivity index (χ1v) is 36.0. The average Bonchev–Trinajstić information content (AvgIpc) is 0.885. The molecule has 19 nitrogen and oxygen atoms in total. The van der Waals surface area contributed by atoms with E-state index in [4.69, 9.17) is 28.4 Å². The van der Waals surface area contributed by atoms with Gasteiger partial charge in [0, 0.05) is 6.42 Å². The van der Waals surface area contributed by atoms with Crippen LogP contribution in [0.15, 0.2) is 60.8 Å². The topological polar surface area (TPSA) is 307 Å². The van der Waals surface area contributed by atoms with Crippen molar-refractivity contribution in [3.05, 3.63) is 60.8 Å². The molecule has 17 atom stereocenters. The second-order valence-corrected chi connectivity index (χ2v) is 25.7. The maximum atomic E-state index is 13.4. The van der Waals surface area contributed by atoms with Crippen molar-refractivity contribution in [2.24, 2.45) is 0 Å². The molecule has 3 saturated heterocycles. The SMILES string of the molecule is CCCCCCC/C=C\C/C=C\C/C=C\CCCCCCCCCCCCCCC(=O)NC(COC1OC(CO)C(OC2OC(CO)C(OC3OC(CO)C(O)C(O)C3O)C(O)C2O)C(O)C1O)C(O)/C=C/CC/C=C/CCCCCCCCCCCCCCC. The number of nitrogens with one attached hydrogen (secondary N) is 1. The third-order valence-corrected chi connectivity index (χ3v) is 17.8. The summed E-state index contributed by atoms with van der Waals surface area (Å²) in [5, 5.41) is 121. The molecule has 0 saturated carbocycles. The van der Waals surface area contributed by atoms with Crippen molar-refractivity contribution in [2.75, 3.05) is 26.4 Å². The third kappa shape index (κ3) is 35.4. The van der Waals surface area contributed by atoms with E-state index in [1.165, 1.54) is 167 Å². The van der Waals surface area contributed by atoms with Crippen molar-refractivity contribution in [1.29, 1.82) is 0 Å². The lowest BCUT2D eigenvalue weighted by atomic mass is 9.96. The van der Waals surface area contributed by atoms with Crippen LogP contribution in [0.3, 0.4) is 0 Å². The minimum Gasteiger partial charge on any atom is -0.394 e. The van der Waals surface area contributed by atoms with Crippen molar-refractivity contribution in [3.63, 3.8) is 0 Å². The van der Waals surface area contributed by atoms with Gasteiger partial charge in [0.05, 0.1) is 38.6 Å². The minimum atomic E-state index is -1.98. The summed E-state index contributed by atoms with van der Waals surface area (Å²) < 4.78 is 34.4. The highest BCUT2D eigenvalue weighted by atomic mass is 16.8. The molecule has 0 aliphatic carbocycles. The molecule has 3 fully saturated rings. The zero-order valence-corrected chi connectivity index (χ0v) is 56.1. The summed E-state index contributed by atoms with van der Waals surface area (Å²) in [5.41, 5.74) is 0. The molecule has 17 unspecified atom stereocenters. The van der Waals surface area contributed by atoms with Gasteiger partial charge in [0.2, 0.25) is 5.91 Å². The number of aliphatic hydroxyl groups is 11. The van der Waals surface area contributed by atoms with E-state index < -0.39 is 124 Å². The zero-order chi connectivity index (χ0) is 66.1. The molecule has 0 aromatic carbocycles. The average molecular weight is 1300 g/mol. The molecule has 3 aliphatic heterocycles. The maximum absolute atomic E-state index is 13.4. The molecule has 3 rings (SSSR count). The lowest BCUT2D eigenvalue weighted by Gasteiger charge is -2.48. The Bertz CT molecular complexity index is 1890. The van der Waals surface area contributed by atoms with Gasteiger partial charge in [-0.25, -0.2) is 0 Å². The van der Waals surface area contributed by atoms with E-state index in [0.29, 0.717) is 12.8 Å². The molecule has 1 amide bonds. The van der Waals surface area contributed by atoms with Crippen LogP contribution < -0.4 is 5.32 Å². The molecule has 3 aliphatic rings. The van der Waals surface area contributed by atoms with E-state index in [1.54, 1.807) is 6.08 Å². The number of amides is 1. The zero-order valence-electron chi connectivity index (χ0n) is 56.1. The highest BCUT2D eigenvalue weighted by Gasteiger charge is 2.53. The largest absolute Gasteiger partial charge is 0.394 e. The van der Waals surface area contributed by atoms with Gasteiger partial charge in [-0.3, -0.25) is 4.79 Å². The summed E-state index contributed by atoms with van der Waals surface area (Å²) in [5.74, 6) is -0.287. The molecule has 3 heterocycles. The summed E-state index contributed by atoms with van der Waals surface area (Å²) in [4.78, 5) is 13.4. The van der Waals surface area contributed by atoms with Crippen LogP contribution in [0.1, 0.15) is 258 Å². The van der Waals surface area contributed by atoms with Gasteiger partial charge in [-0.05, 0) is 70.6 Å². The van der Waals surface area contributed by atoms with E-state index in [2.05, 4.69) is 67.8 Å². The van der Waals surface area contributed by atoms with E-state index in [-0.39, 0.29) is 18.9 Å². The van der Waals surface area contributed by atoms with Crippen molar-refractivity contribution in [3.8, 4) is 0 Å². The molecule has 530 valence electrons. The molecule has 91 heavy (non-hydrogen) atoms. The highest BCUT2D eigenvalue weighted by Crippen LogP contribution is 2.33. The Morgan fingerprint density at radius 3 is 1.18 bits per heavy atom. The molecule has 0 aromatic rings. The van der Waals surface area contributed by atoms with E-state index in [1.807, 2.05) is 6.08 Å². The number of hydrogen-bond acceptors (Lipinski definition) is 18. The lowest BCUT2D eigenvalue weighted by molar-refractivity contribution is -0.379. The van der Waals surface area contributed by atoms with Crippen LogP contribution in [0, 0.1) is 0 Å². The predicted octanol–water partition coefficient (Wildman–Crippen LogP) is 9.94. The summed E-state index contributed by atoms with van der Waals surface area (Å²) in [6, 6.07) is -0.994. The first kappa shape index (κ1) is 82.7. The summed E-state index contributed by atoms with van der Waals surface area (Å²) in [6.07, 6.45) is 39.1. The molecule has 0 aromatic heterocycles. The van der Waals surface area contributed by atoms with Crippen molar-refractivity contribution in [1.82, 2.24) is 5.32 Å². The fourth-order valence-corrected chi connectivity index (χ4v) is 11.9. The van der Waals surface area contributed by atoms with Gasteiger partial charge in [-0.1, -0.05) is 242 Å². The van der Waals surface area contributed by atoms with Gasteiger partial charge in [0.25, 0.3) is 0 Å². The Balaban J connectivity index is 1.43. The van der Waals surface area contributed by atoms with Crippen molar-refractivity contribution >= 4 is 5.91 Å². The summed E-state index contributed by atoms with van der Waals surface area (Å²) >= 11 is 0. The van der Waals surface area contributed by atoms with Crippen molar-refractivity contribution < 1.29 is 89.4 Å². The first-order valence-electron chi connectivity index (χ1n) is 36.0. The number of carbonyl (C=O) groups is 1. The molecular formula is C72H129NO18. The maximum Gasteiger partial charge on any atom is 0.220 e. The van der Waals surface area contributed by atoms with Crippen LogP contribution in [-0.2, 0) is 33.2 Å². The number of unbranched alkanes of at least 4 members (excludes halogenated alkanes) is 31. The standard InChI is InChI=1S/C72H129NO18/c1-3-5-7-9-11-13-15-17-19-21-23-24-25-26-27-28-29-30-32-34-36-38-40-42-44-46-48-50-60(78)73-55(56(77)49-47-45-43-41-39-37-35-33-31-22-20-18-16-14-12-10-8-6-4-2)54-86-70-66(84)63(81)68(58(52-75)88-70)91-72-67(85)64(82)69(59(53-76)89-72)90-71-65(83)62(80)61(79)57(51-74)87-71/h15,17,21,23,25-26,39,41,47,49,55-59,61-72,74-77,79-85H,3-14,16,18-20,22,24,27-38,40,42-46,48,50-54H2,1-2H3,(H,73,78)/b17-15-,23-21-,26-25-,41-39+,49-47+. The van der Waals surface area contributed by atoms with Crippen LogP contribution in [0.5, 0.6) is 0 Å². The van der Waals surface area contributed by atoms with Gasteiger partial charge in [0.1, 0.15) is 73.2 Å². The second kappa shape index (κ2) is 53.6. The normalized spacial score (nSPS) is 28.2. The number of allylic oxidation sites excluding steroid dienone is 9. The van der Waals surface area contributed by atoms with Crippen LogP contribution in [0.25, 0.3) is 0 Å². The molecule has 12 N–H and O–H groups in total. The fourth-order valence-electron chi connectivity index (χ4n) is 11.9. The molecule has 0 bridgehead atoms. The minimum absolute atomic E-state index is 0.232. The van der Waals surface area contributed by atoms with E-state index in [0.717, 1.165) is 57.8 Å². The lowest BCUT2D eigenvalue weighted by Crippen LogP contribution is -2.66. The van der Waals surface area contributed by atoms with Gasteiger partial charge >= 0.3 is 0 Å². The number of ether oxygens (including phenoxy) is 6. The molecule has 0 radical (unpaired) electrons. The van der Waals surface area contributed by atoms with Crippen LogP contribution in [-0.4, -0.2) is 193 Å². The molecule has 0 spiro atoms. The third-order valence-electron chi connectivity index (χ3n) is 17.8. The molecule has 19 heteroatoms. The summed E-state index contributed by atoms with van der Waals surface area (Å²) in [6.45, 7) is 1.71. The van der Waals surface area contributed by atoms with Gasteiger partial charge < -0.3 is 89.9 Å². The smallest absolute Gasteiger partial charge is 0.220 e. The van der Waals surface area contributed by atoms with Gasteiger partial charge in [-0.2, -0.15) is 0 Å². The monoisotopic (exact) mass is 1300 g/mol. The number of carbonyl (C=O) groups excluding carboxylic acids is 1. The number of rotatable bonds is 55. The second-order valence-electron chi connectivity index (χ2n) is 25.7. The van der Waals surface area contributed by atoms with Crippen LogP contribution in [0.4, 0.5) is 0 Å². The first-order chi connectivity index (χ1) is 44.3. The highest BCUT2D eigenvalue weighted by molar-refractivity contribution is 5.76. The van der Waals surface area contributed by atoms with E-state index in [9.17, 15) is 61.0 Å². The van der Waals surface area contributed by atoms with Crippen molar-refractivity contribution in [2.45, 2.75) is 362 Å². The number of aliphatic hydroxyl groups excluding tert-OH is 11. The van der Waals surface area contributed by atoms with Crippen LogP contribution >= 0.6 is 0 Å². The molecular weight excluding hydrogens is 1170 g/mol. The van der Waals surface area contributed by atoms with E-state index >= 15 is 0 Å².